The molecule has 1 N–H and O–H groups in total. The summed E-state index contributed by atoms with van der Waals surface area (Å²) in [6.07, 6.45) is 3.09. The van der Waals surface area contributed by atoms with Gasteiger partial charge in [0, 0.05) is 28.7 Å². The molecule has 2 aromatic carbocycles. The van der Waals surface area contributed by atoms with Gasteiger partial charge in [-0.05, 0) is 49.4 Å². The minimum Gasteiger partial charge on any atom is -0.489 e. The van der Waals surface area contributed by atoms with Crippen LogP contribution in [0.25, 0.3) is 10.9 Å². The van der Waals surface area contributed by atoms with Crippen LogP contribution in [-0.4, -0.2) is 44.3 Å². The van der Waals surface area contributed by atoms with Gasteiger partial charge in [-0.3, -0.25) is 9.59 Å². The molecule has 7 nitrogen and oxygen atoms in total. The lowest BCUT2D eigenvalue weighted by Crippen LogP contribution is -2.44. The van der Waals surface area contributed by atoms with Crippen LogP contribution in [0, 0.1) is 5.92 Å². The first-order chi connectivity index (χ1) is 15.4. The maximum atomic E-state index is 13.0. The monoisotopic (exact) mass is 432 g/mol. The molecule has 32 heavy (non-hydrogen) atoms. The van der Waals surface area contributed by atoms with Gasteiger partial charge in [0.15, 0.2) is 5.78 Å². The van der Waals surface area contributed by atoms with Gasteiger partial charge in [-0.1, -0.05) is 30.3 Å². The van der Waals surface area contributed by atoms with Crippen LogP contribution in [0.15, 0.2) is 54.7 Å². The SMILES string of the molecule is CC(=O)c1cn(CC(=O)N2C(C(=O)O)CC3CC32)c2ccc(OCc3ccccc3)cc12. The van der Waals surface area contributed by atoms with Crippen molar-refractivity contribution < 1.29 is 24.2 Å². The first-order valence-corrected chi connectivity index (χ1v) is 10.8. The minimum absolute atomic E-state index is 0.000991. The van der Waals surface area contributed by atoms with Crippen molar-refractivity contribution in [3.05, 3.63) is 65.9 Å². The van der Waals surface area contributed by atoms with Crippen molar-refractivity contribution in [2.24, 2.45) is 5.92 Å². The fourth-order valence-corrected chi connectivity index (χ4v) is 4.78. The number of ether oxygens (including phenoxy) is 1. The molecule has 164 valence electrons. The van der Waals surface area contributed by atoms with E-state index in [0.29, 0.717) is 30.3 Å². The van der Waals surface area contributed by atoms with Crippen LogP contribution >= 0.6 is 0 Å². The highest BCUT2D eigenvalue weighted by Gasteiger charge is 2.56. The zero-order chi connectivity index (χ0) is 22.4. The standard InChI is InChI=1S/C25H24N2O5/c1-15(28)20-12-26(13-24(29)27-22-9-17(22)10-23(27)25(30)31)21-8-7-18(11-19(20)21)32-14-16-5-3-2-4-6-16/h2-8,11-12,17,22-23H,9-10,13-14H2,1H3,(H,30,31). The van der Waals surface area contributed by atoms with Crippen LogP contribution in [0.2, 0.25) is 0 Å². The van der Waals surface area contributed by atoms with E-state index in [2.05, 4.69) is 0 Å². The van der Waals surface area contributed by atoms with Crippen LogP contribution in [0.4, 0.5) is 0 Å². The van der Waals surface area contributed by atoms with Crippen molar-refractivity contribution in [2.75, 3.05) is 0 Å². The van der Waals surface area contributed by atoms with Gasteiger partial charge in [-0.25, -0.2) is 4.79 Å². The number of carboxylic acid groups (broad SMARTS) is 1. The van der Waals surface area contributed by atoms with E-state index in [-0.39, 0.29) is 24.3 Å². The lowest BCUT2D eigenvalue weighted by molar-refractivity contribution is -0.149. The number of aliphatic carboxylic acids is 1. The predicted octanol–water partition coefficient (Wildman–Crippen LogP) is 3.50. The summed E-state index contributed by atoms with van der Waals surface area (Å²) < 4.78 is 7.65. The summed E-state index contributed by atoms with van der Waals surface area (Å²) in [6.45, 7) is 1.91. The number of rotatable bonds is 7. The van der Waals surface area contributed by atoms with Crippen molar-refractivity contribution in [2.45, 2.75) is 45.0 Å². The molecular formula is C25H24N2O5. The number of benzene rings is 2. The molecule has 3 atom stereocenters. The van der Waals surface area contributed by atoms with Gasteiger partial charge in [0.05, 0.1) is 0 Å². The number of piperidine rings is 1. The first kappa shape index (κ1) is 20.3. The number of likely N-dealkylation sites (tertiary alicyclic amines) is 1. The second kappa shape index (κ2) is 7.82. The highest BCUT2D eigenvalue weighted by atomic mass is 16.5. The van der Waals surface area contributed by atoms with E-state index in [1.54, 1.807) is 10.8 Å². The molecule has 0 spiro atoms. The van der Waals surface area contributed by atoms with Crippen molar-refractivity contribution in [3.8, 4) is 5.75 Å². The smallest absolute Gasteiger partial charge is 0.326 e. The van der Waals surface area contributed by atoms with E-state index in [9.17, 15) is 19.5 Å². The summed E-state index contributed by atoms with van der Waals surface area (Å²) in [7, 11) is 0. The fraction of sp³-hybridized carbons (Fsp3) is 0.320. The summed E-state index contributed by atoms with van der Waals surface area (Å²) in [5.41, 5.74) is 2.30. The van der Waals surface area contributed by atoms with E-state index in [4.69, 9.17) is 4.74 Å². The van der Waals surface area contributed by atoms with Crippen LogP contribution in [0.3, 0.4) is 0 Å². The zero-order valence-electron chi connectivity index (χ0n) is 17.7. The largest absolute Gasteiger partial charge is 0.489 e. The van der Waals surface area contributed by atoms with Crippen LogP contribution in [0.5, 0.6) is 5.75 Å². The summed E-state index contributed by atoms with van der Waals surface area (Å²) >= 11 is 0. The summed E-state index contributed by atoms with van der Waals surface area (Å²) in [5.74, 6) is -0.336. The van der Waals surface area contributed by atoms with Crippen molar-refractivity contribution >= 4 is 28.6 Å². The lowest BCUT2D eigenvalue weighted by Gasteiger charge is -2.24. The Balaban J connectivity index is 1.40. The topological polar surface area (TPSA) is 88.8 Å². The Morgan fingerprint density at radius 2 is 1.88 bits per heavy atom. The zero-order valence-corrected chi connectivity index (χ0v) is 17.7. The predicted molar refractivity (Wildman–Crippen MR) is 117 cm³/mol. The number of carbonyl (C=O) groups excluding carboxylic acids is 2. The summed E-state index contributed by atoms with van der Waals surface area (Å²) in [5, 5.41) is 10.2. The molecule has 1 aromatic heterocycles. The van der Waals surface area contributed by atoms with Crippen LogP contribution < -0.4 is 4.74 Å². The molecule has 0 radical (unpaired) electrons. The van der Waals surface area contributed by atoms with Gasteiger partial charge in [0.25, 0.3) is 0 Å². The second-order valence-corrected chi connectivity index (χ2v) is 8.63. The molecule has 7 heteroatoms. The molecule has 1 aliphatic carbocycles. The third-order valence-electron chi connectivity index (χ3n) is 6.46. The highest BCUT2D eigenvalue weighted by Crippen LogP contribution is 2.48. The average Bonchev–Trinajstić information content (AvgIpc) is 3.29. The number of aromatic nitrogens is 1. The average molecular weight is 432 g/mol. The Morgan fingerprint density at radius 1 is 1.09 bits per heavy atom. The molecule has 3 aromatic rings. The van der Waals surface area contributed by atoms with Crippen molar-refractivity contribution in [1.29, 1.82) is 0 Å². The molecule has 3 unspecified atom stereocenters. The van der Waals surface area contributed by atoms with Gasteiger partial charge in [0.2, 0.25) is 5.91 Å². The first-order valence-electron chi connectivity index (χ1n) is 10.8. The number of ketones is 1. The van der Waals surface area contributed by atoms with Gasteiger partial charge in [-0.15, -0.1) is 0 Å². The van der Waals surface area contributed by atoms with Crippen molar-refractivity contribution in [1.82, 2.24) is 9.47 Å². The third-order valence-corrected chi connectivity index (χ3v) is 6.46. The van der Waals surface area contributed by atoms with Crippen molar-refractivity contribution in [3.63, 3.8) is 0 Å². The molecule has 2 fully saturated rings. The lowest BCUT2D eigenvalue weighted by atomic mass is 10.1. The summed E-state index contributed by atoms with van der Waals surface area (Å²) in [4.78, 5) is 38.4. The Kier molecular flexibility index (Phi) is 4.96. The Labute approximate surface area is 185 Å². The van der Waals surface area contributed by atoms with E-state index >= 15 is 0 Å². The molecule has 1 aliphatic heterocycles. The van der Waals surface area contributed by atoms with Gasteiger partial charge in [-0.2, -0.15) is 0 Å². The number of Topliss-reactive ketones (excluding diaryl/α,β-unsaturated/α-hetero) is 1. The van der Waals surface area contributed by atoms with E-state index in [1.165, 1.54) is 11.8 Å². The Morgan fingerprint density at radius 3 is 2.59 bits per heavy atom. The maximum Gasteiger partial charge on any atom is 0.326 e. The number of carbonyl (C=O) groups is 3. The maximum absolute atomic E-state index is 13.0. The van der Waals surface area contributed by atoms with Crippen LogP contribution in [-0.2, 0) is 22.7 Å². The van der Waals surface area contributed by atoms with Gasteiger partial charge in [0.1, 0.15) is 24.9 Å². The number of amides is 1. The van der Waals surface area contributed by atoms with Gasteiger partial charge < -0.3 is 19.3 Å². The quantitative estimate of drug-likeness (QED) is 0.578. The Bertz CT molecular complexity index is 1220. The Hall–Kier alpha value is -3.61. The number of carboxylic acids is 1. The molecule has 0 bridgehead atoms. The van der Waals surface area contributed by atoms with E-state index in [0.717, 1.165) is 22.9 Å². The van der Waals surface area contributed by atoms with E-state index in [1.807, 2.05) is 48.5 Å². The molecule has 5 rings (SSSR count). The number of hydrogen-bond acceptors (Lipinski definition) is 4. The number of fused-ring (bicyclic) bond motifs is 2. The minimum atomic E-state index is -0.951. The number of hydrogen-bond donors (Lipinski definition) is 1. The number of nitrogens with zero attached hydrogens (tertiary/aromatic N) is 2. The normalized spacial score (nSPS) is 21.4. The molecule has 2 heterocycles. The second-order valence-electron chi connectivity index (χ2n) is 8.63. The van der Waals surface area contributed by atoms with Crippen LogP contribution in [0.1, 0.15) is 35.7 Å². The summed E-state index contributed by atoms with van der Waals surface area (Å²) in [6, 6.07) is 14.6. The molecule has 1 amide bonds. The third kappa shape index (κ3) is 3.64. The van der Waals surface area contributed by atoms with Gasteiger partial charge >= 0.3 is 5.97 Å². The molecule has 1 saturated carbocycles. The molecule has 2 aliphatic rings. The molecular weight excluding hydrogens is 408 g/mol. The highest BCUT2D eigenvalue weighted by molar-refractivity contribution is 6.07. The van der Waals surface area contributed by atoms with E-state index < -0.39 is 12.0 Å². The fourth-order valence-electron chi connectivity index (χ4n) is 4.78. The molecule has 1 saturated heterocycles.